The molecule has 2 nitrogen and oxygen atoms in total. The first-order chi connectivity index (χ1) is 4.10. The number of hydrogen-bond donors (Lipinski definition) is 0. The molecule has 0 saturated heterocycles. The van der Waals surface area contributed by atoms with Crippen molar-refractivity contribution in [3.63, 3.8) is 0 Å². The first-order valence-corrected chi connectivity index (χ1v) is 3.00. The lowest BCUT2D eigenvalue weighted by Crippen LogP contribution is -2.25. The van der Waals surface area contributed by atoms with Crippen LogP contribution in [-0.2, 0) is 4.74 Å². The molecule has 0 fully saturated rings. The SMILES string of the molecule is CC1=COC(C)(C)C=N1. The molecule has 0 aromatic heterocycles. The molecule has 0 aliphatic carbocycles. The van der Waals surface area contributed by atoms with Gasteiger partial charge in [0, 0.05) is 6.21 Å². The van der Waals surface area contributed by atoms with Crippen LogP contribution in [0.3, 0.4) is 0 Å². The fourth-order valence-electron chi connectivity index (χ4n) is 0.555. The second kappa shape index (κ2) is 1.87. The Morgan fingerprint density at radius 2 is 2.22 bits per heavy atom. The maximum atomic E-state index is 5.27. The van der Waals surface area contributed by atoms with Gasteiger partial charge >= 0.3 is 0 Å². The zero-order chi connectivity index (χ0) is 6.91. The lowest BCUT2D eigenvalue weighted by atomic mass is 10.1. The van der Waals surface area contributed by atoms with E-state index in [1.54, 1.807) is 6.26 Å². The topological polar surface area (TPSA) is 21.6 Å². The van der Waals surface area contributed by atoms with E-state index < -0.39 is 0 Å². The average molecular weight is 125 g/mol. The van der Waals surface area contributed by atoms with Gasteiger partial charge in [-0.1, -0.05) is 0 Å². The van der Waals surface area contributed by atoms with Crippen molar-refractivity contribution in [3.05, 3.63) is 12.0 Å². The summed E-state index contributed by atoms with van der Waals surface area (Å²) in [6, 6.07) is 0. The van der Waals surface area contributed by atoms with Gasteiger partial charge in [0.25, 0.3) is 0 Å². The Kier molecular flexibility index (Phi) is 1.31. The quantitative estimate of drug-likeness (QED) is 0.483. The van der Waals surface area contributed by atoms with E-state index in [0.717, 1.165) is 5.70 Å². The third-order valence-corrected chi connectivity index (χ3v) is 1.11. The van der Waals surface area contributed by atoms with Crippen molar-refractivity contribution < 1.29 is 4.74 Å². The molecule has 0 N–H and O–H groups in total. The highest BCUT2D eigenvalue weighted by Crippen LogP contribution is 2.13. The van der Waals surface area contributed by atoms with Gasteiger partial charge in [-0.2, -0.15) is 0 Å². The second-order valence-corrected chi connectivity index (χ2v) is 2.74. The zero-order valence-corrected chi connectivity index (χ0v) is 6.01. The zero-order valence-electron chi connectivity index (χ0n) is 6.01. The summed E-state index contributed by atoms with van der Waals surface area (Å²) in [6.07, 6.45) is 3.49. The van der Waals surface area contributed by atoms with Crippen molar-refractivity contribution in [1.82, 2.24) is 0 Å². The maximum absolute atomic E-state index is 5.27. The molecule has 1 aliphatic heterocycles. The minimum absolute atomic E-state index is 0.209. The van der Waals surface area contributed by atoms with Crippen LogP contribution in [0.1, 0.15) is 20.8 Å². The van der Waals surface area contributed by atoms with E-state index in [1.807, 2.05) is 27.0 Å². The summed E-state index contributed by atoms with van der Waals surface area (Å²) < 4.78 is 5.27. The summed E-state index contributed by atoms with van der Waals surface area (Å²) in [5, 5.41) is 0. The van der Waals surface area contributed by atoms with E-state index in [4.69, 9.17) is 4.74 Å². The van der Waals surface area contributed by atoms with Gasteiger partial charge in [0.15, 0.2) is 0 Å². The van der Waals surface area contributed by atoms with Crippen molar-refractivity contribution in [2.45, 2.75) is 26.4 Å². The van der Waals surface area contributed by atoms with E-state index in [-0.39, 0.29) is 5.60 Å². The summed E-state index contributed by atoms with van der Waals surface area (Å²) in [5.74, 6) is 0. The van der Waals surface area contributed by atoms with Gasteiger partial charge in [-0.05, 0) is 20.8 Å². The molecule has 9 heavy (non-hydrogen) atoms. The Morgan fingerprint density at radius 1 is 1.56 bits per heavy atom. The van der Waals surface area contributed by atoms with Crippen LogP contribution in [-0.4, -0.2) is 11.8 Å². The van der Waals surface area contributed by atoms with Gasteiger partial charge in [-0.3, -0.25) is 4.99 Å². The van der Waals surface area contributed by atoms with Crippen LogP contribution in [0.2, 0.25) is 0 Å². The lowest BCUT2D eigenvalue weighted by molar-refractivity contribution is 0.122. The number of nitrogens with zero attached hydrogens (tertiary/aromatic N) is 1. The molecule has 0 bridgehead atoms. The Morgan fingerprint density at radius 3 is 2.56 bits per heavy atom. The molecule has 2 heteroatoms. The lowest BCUT2D eigenvalue weighted by Gasteiger charge is -2.22. The van der Waals surface area contributed by atoms with Crippen LogP contribution in [0.15, 0.2) is 17.0 Å². The Balaban J connectivity index is 2.70. The molecular formula is C7H11NO. The highest BCUT2D eigenvalue weighted by Gasteiger charge is 2.16. The molecule has 50 valence electrons. The van der Waals surface area contributed by atoms with Crippen LogP contribution >= 0.6 is 0 Å². The van der Waals surface area contributed by atoms with E-state index in [0.29, 0.717) is 0 Å². The molecule has 0 radical (unpaired) electrons. The van der Waals surface area contributed by atoms with Crippen molar-refractivity contribution in [2.75, 3.05) is 0 Å². The smallest absolute Gasteiger partial charge is 0.138 e. The first kappa shape index (κ1) is 6.33. The van der Waals surface area contributed by atoms with E-state index in [1.165, 1.54) is 0 Å². The van der Waals surface area contributed by atoms with Crippen LogP contribution in [0.5, 0.6) is 0 Å². The number of rotatable bonds is 0. The molecule has 0 aromatic rings. The average Bonchev–Trinajstić information content (AvgIpc) is 1.78. The van der Waals surface area contributed by atoms with Gasteiger partial charge in [-0.15, -0.1) is 0 Å². The number of hydrogen-bond acceptors (Lipinski definition) is 2. The molecule has 1 rings (SSSR count). The fourth-order valence-corrected chi connectivity index (χ4v) is 0.555. The largest absolute Gasteiger partial charge is 0.488 e. The maximum Gasteiger partial charge on any atom is 0.138 e. The monoisotopic (exact) mass is 125 g/mol. The number of allylic oxidation sites excluding steroid dienone is 1. The van der Waals surface area contributed by atoms with E-state index in [9.17, 15) is 0 Å². The Bertz CT molecular complexity index is 168. The second-order valence-electron chi connectivity index (χ2n) is 2.74. The standard InChI is InChI=1S/C7H11NO/c1-6-4-9-7(2,3)5-8-6/h4-5H,1-3H3. The van der Waals surface area contributed by atoms with Crippen LogP contribution in [0.4, 0.5) is 0 Å². The Hall–Kier alpha value is -0.790. The Labute approximate surface area is 55.2 Å². The third kappa shape index (κ3) is 1.56. The van der Waals surface area contributed by atoms with Crippen molar-refractivity contribution >= 4 is 6.21 Å². The molecule has 0 aromatic carbocycles. The van der Waals surface area contributed by atoms with Gasteiger partial charge in [-0.25, -0.2) is 0 Å². The van der Waals surface area contributed by atoms with Crippen molar-refractivity contribution in [1.29, 1.82) is 0 Å². The molecule has 0 atom stereocenters. The van der Waals surface area contributed by atoms with Gasteiger partial charge in [0.2, 0.25) is 0 Å². The van der Waals surface area contributed by atoms with Crippen molar-refractivity contribution in [2.24, 2.45) is 4.99 Å². The predicted molar refractivity (Wildman–Crippen MR) is 37.4 cm³/mol. The summed E-state index contributed by atoms with van der Waals surface area (Å²) in [5.41, 5.74) is 0.716. The van der Waals surface area contributed by atoms with E-state index in [2.05, 4.69) is 4.99 Å². The number of ether oxygens (including phenoxy) is 1. The van der Waals surface area contributed by atoms with Crippen LogP contribution in [0, 0.1) is 0 Å². The summed E-state index contributed by atoms with van der Waals surface area (Å²) in [6.45, 7) is 5.85. The van der Waals surface area contributed by atoms with Crippen molar-refractivity contribution in [3.8, 4) is 0 Å². The minimum atomic E-state index is -0.209. The molecule has 0 spiro atoms. The molecular weight excluding hydrogens is 114 g/mol. The summed E-state index contributed by atoms with van der Waals surface area (Å²) >= 11 is 0. The molecule has 1 aliphatic rings. The molecule has 0 amide bonds. The summed E-state index contributed by atoms with van der Waals surface area (Å²) in [7, 11) is 0. The highest BCUT2D eigenvalue weighted by atomic mass is 16.5. The predicted octanol–water partition coefficient (Wildman–Crippen LogP) is 1.73. The summed E-state index contributed by atoms with van der Waals surface area (Å²) in [4.78, 5) is 4.09. The van der Waals surface area contributed by atoms with Gasteiger partial charge < -0.3 is 4.74 Å². The molecule has 0 unspecified atom stereocenters. The molecule has 1 heterocycles. The van der Waals surface area contributed by atoms with Gasteiger partial charge in [0.05, 0.1) is 5.70 Å². The number of aliphatic imine (C=N–C) groups is 1. The van der Waals surface area contributed by atoms with Crippen LogP contribution < -0.4 is 0 Å². The van der Waals surface area contributed by atoms with E-state index >= 15 is 0 Å². The van der Waals surface area contributed by atoms with Crippen LogP contribution in [0.25, 0.3) is 0 Å². The third-order valence-electron chi connectivity index (χ3n) is 1.11. The normalized spacial score (nSPS) is 22.8. The fraction of sp³-hybridized carbons (Fsp3) is 0.571. The first-order valence-electron chi connectivity index (χ1n) is 3.00. The highest BCUT2D eigenvalue weighted by molar-refractivity contribution is 5.69. The van der Waals surface area contributed by atoms with Gasteiger partial charge in [0.1, 0.15) is 11.9 Å². The molecule has 0 saturated carbocycles. The minimum Gasteiger partial charge on any atom is -0.488 e.